The minimum absolute atomic E-state index is 0.124. The fourth-order valence-corrected chi connectivity index (χ4v) is 4.32. The van der Waals surface area contributed by atoms with Crippen LogP contribution in [0, 0.1) is 11.2 Å². The van der Waals surface area contributed by atoms with E-state index < -0.39 is 5.41 Å². The normalized spacial score (nSPS) is 22.9. The molecule has 2 saturated heterocycles. The molecule has 2 amide bonds. The maximum atomic E-state index is 13.2. The third-order valence-corrected chi connectivity index (χ3v) is 6.07. The number of carbonyl (C=O) groups is 2. The molecule has 1 spiro atoms. The lowest BCUT2D eigenvalue weighted by Crippen LogP contribution is -2.50. The Morgan fingerprint density at radius 2 is 1.85 bits per heavy atom. The summed E-state index contributed by atoms with van der Waals surface area (Å²) in [6.07, 6.45) is 2.54. The molecule has 2 aliphatic heterocycles. The Bertz CT molecular complexity index is 675. The number of halogens is 1. The fourth-order valence-electron chi connectivity index (χ4n) is 4.32. The average molecular weight is 375 g/mol. The van der Waals surface area contributed by atoms with Gasteiger partial charge in [-0.1, -0.05) is 26.0 Å². The summed E-state index contributed by atoms with van der Waals surface area (Å²) in [6.45, 7) is 8.68. The molecular formula is C21H30FN3O2. The molecule has 27 heavy (non-hydrogen) atoms. The summed E-state index contributed by atoms with van der Waals surface area (Å²) >= 11 is 0. The van der Waals surface area contributed by atoms with Crippen molar-refractivity contribution in [1.29, 1.82) is 0 Å². The zero-order chi connectivity index (χ0) is 19.4. The van der Waals surface area contributed by atoms with Crippen molar-refractivity contribution in [3.63, 3.8) is 0 Å². The van der Waals surface area contributed by atoms with Crippen LogP contribution in [-0.2, 0) is 16.1 Å². The van der Waals surface area contributed by atoms with Crippen LogP contribution in [0.2, 0.25) is 0 Å². The first kappa shape index (κ1) is 19.8. The molecule has 0 radical (unpaired) electrons. The van der Waals surface area contributed by atoms with Crippen LogP contribution in [0.3, 0.4) is 0 Å². The predicted molar refractivity (Wildman–Crippen MR) is 102 cm³/mol. The largest absolute Gasteiger partial charge is 0.340 e. The molecule has 2 aliphatic rings. The Labute approximate surface area is 161 Å². The van der Waals surface area contributed by atoms with E-state index in [9.17, 15) is 14.0 Å². The van der Waals surface area contributed by atoms with Gasteiger partial charge in [0.15, 0.2) is 0 Å². The van der Waals surface area contributed by atoms with Crippen molar-refractivity contribution < 1.29 is 14.0 Å². The Balaban J connectivity index is 1.64. The van der Waals surface area contributed by atoms with Gasteiger partial charge in [-0.05, 0) is 50.0 Å². The SMILES string of the molecule is CCN(CC)CC(=O)N1CC[C@@]2(CCCN(Cc3ccc(F)cc3)C2=O)C1. The summed E-state index contributed by atoms with van der Waals surface area (Å²) in [7, 11) is 0. The summed E-state index contributed by atoms with van der Waals surface area (Å²) in [5.41, 5.74) is 0.506. The Morgan fingerprint density at radius 3 is 2.52 bits per heavy atom. The molecule has 0 N–H and O–H groups in total. The number of benzene rings is 1. The van der Waals surface area contributed by atoms with Crippen molar-refractivity contribution in [2.75, 3.05) is 39.3 Å². The number of piperidine rings is 1. The number of hydrogen-bond donors (Lipinski definition) is 0. The second-order valence-corrected chi connectivity index (χ2v) is 7.76. The van der Waals surface area contributed by atoms with E-state index in [4.69, 9.17) is 0 Å². The zero-order valence-corrected chi connectivity index (χ0v) is 16.4. The van der Waals surface area contributed by atoms with E-state index in [2.05, 4.69) is 18.7 Å². The summed E-state index contributed by atoms with van der Waals surface area (Å²) in [5, 5.41) is 0. The zero-order valence-electron chi connectivity index (χ0n) is 16.4. The van der Waals surface area contributed by atoms with Gasteiger partial charge in [0.2, 0.25) is 11.8 Å². The van der Waals surface area contributed by atoms with Crippen molar-refractivity contribution in [2.24, 2.45) is 5.41 Å². The summed E-state index contributed by atoms with van der Waals surface area (Å²) in [4.78, 5) is 31.7. The first-order valence-corrected chi connectivity index (χ1v) is 10.0. The van der Waals surface area contributed by atoms with Gasteiger partial charge in [0.1, 0.15) is 5.82 Å². The van der Waals surface area contributed by atoms with E-state index in [1.807, 2.05) is 9.80 Å². The highest BCUT2D eigenvalue weighted by Gasteiger charge is 2.49. The van der Waals surface area contributed by atoms with Crippen LogP contribution in [0.5, 0.6) is 0 Å². The third-order valence-electron chi connectivity index (χ3n) is 6.07. The first-order valence-electron chi connectivity index (χ1n) is 10.0. The maximum absolute atomic E-state index is 13.2. The van der Waals surface area contributed by atoms with Gasteiger partial charge >= 0.3 is 0 Å². The van der Waals surface area contributed by atoms with Gasteiger partial charge in [0.25, 0.3) is 0 Å². The molecule has 1 atom stereocenters. The molecule has 0 aliphatic carbocycles. The Kier molecular flexibility index (Phi) is 6.15. The quantitative estimate of drug-likeness (QED) is 0.767. The summed E-state index contributed by atoms with van der Waals surface area (Å²) in [5.74, 6) is 0.00795. The second-order valence-electron chi connectivity index (χ2n) is 7.76. The van der Waals surface area contributed by atoms with E-state index in [0.29, 0.717) is 26.2 Å². The number of hydrogen-bond acceptors (Lipinski definition) is 3. The van der Waals surface area contributed by atoms with Crippen LogP contribution >= 0.6 is 0 Å². The molecule has 5 nitrogen and oxygen atoms in total. The Hall–Kier alpha value is -1.95. The van der Waals surface area contributed by atoms with E-state index >= 15 is 0 Å². The lowest BCUT2D eigenvalue weighted by atomic mass is 9.78. The van der Waals surface area contributed by atoms with Gasteiger partial charge in [0.05, 0.1) is 12.0 Å². The Morgan fingerprint density at radius 1 is 1.15 bits per heavy atom. The van der Waals surface area contributed by atoms with Gasteiger partial charge in [-0.15, -0.1) is 0 Å². The maximum Gasteiger partial charge on any atom is 0.236 e. The lowest BCUT2D eigenvalue weighted by molar-refractivity contribution is -0.147. The second kappa shape index (κ2) is 8.38. The van der Waals surface area contributed by atoms with Crippen molar-refractivity contribution in [3.8, 4) is 0 Å². The van der Waals surface area contributed by atoms with Crippen LogP contribution < -0.4 is 0 Å². The monoisotopic (exact) mass is 375 g/mol. The van der Waals surface area contributed by atoms with Crippen LogP contribution in [0.1, 0.15) is 38.7 Å². The number of amides is 2. The highest BCUT2D eigenvalue weighted by atomic mass is 19.1. The minimum atomic E-state index is -0.433. The van der Waals surface area contributed by atoms with Gasteiger partial charge in [-0.3, -0.25) is 14.5 Å². The molecule has 1 aromatic rings. The highest BCUT2D eigenvalue weighted by Crippen LogP contribution is 2.40. The molecule has 0 unspecified atom stereocenters. The number of likely N-dealkylation sites (N-methyl/N-ethyl adjacent to an activating group) is 1. The molecule has 0 bridgehead atoms. The molecule has 148 valence electrons. The molecule has 2 fully saturated rings. The summed E-state index contributed by atoms with van der Waals surface area (Å²) in [6, 6.07) is 6.34. The van der Waals surface area contributed by atoms with Crippen LogP contribution in [0.4, 0.5) is 4.39 Å². The molecule has 0 saturated carbocycles. The van der Waals surface area contributed by atoms with Crippen LogP contribution in [-0.4, -0.2) is 65.8 Å². The third kappa shape index (κ3) is 4.32. The van der Waals surface area contributed by atoms with Crippen LogP contribution in [0.25, 0.3) is 0 Å². The van der Waals surface area contributed by atoms with E-state index in [-0.39, 0.29) is 17.6 Å². The van der Waals surface area contributed by atoms with Gasteiger partial charge in [-0.25, -0.2) is 4.39 Å². The van der Waals surface area contributed by atoms with Gasteiger partial charge < -0.3 is 9.80 Å². The predicted octanol–water partition coefficient (Wildman–Crippen LogP) is 2.51. The molecule has 6 heteroatoms. The standard InChI is InChI=1S/C21H30FN3O2/c1-3-23(4-2)15-19(26)25-13-11-21(16-25)10-5-12-24(20(21)27)14-17-6-8-18(22)9-7-17/h6-9H,3-5,10-16H2,1-2H3/t21-/m0/s1. The number of nitrogens with zero attached hydrogens (tertiary/aromatic N) is 3. The number of carbonyl (C=O) groups excluding carboxylic acids is 2. The van der Waals surface area contributed by atoms with E-state index in [1.165, 1.54) is 12.1 Å². The minimum Gasteiger partial charge on any atom is -0.340 e. The molecule has 3 rings (SSSR count). The number of likely N-dealkylation sites (tertiary alicyclic amines) is 2. The summed E-state index contributed by atoms with van der Waals surface area (Å²) < 4.78 is 13.1. The molecule has 0 aromatic heterocycles. The van der Waals surface area contributed by atoms with E-state index in [1.54, 1.807) is 12.1 Å². The lowest BCUT2D eigenvalue weighted by Gasteiger charge is -2.39. The fraction of sp³-hybridized carbons (Fsp3) is 0.619. The highest BCUT2D eigenvalue weighted by molar-refractivity contribution is 5.86. The topological polar surface area (TPSA) is 43.9 Å². The van der Waals surface area contributed by atoms with E-state index in [0.717, 1.165) is 44.5 Å². The van der Waals surface area contributed by atoms with Gasteiger partial charge in [0, 0.05) is 26.2 Å². The number of rotatable bonds is 6. The van der Waals surface area contributed by atoms with Crippen molar-refractivity contribution in [1.82, 2.24) is 14.7 Å². The molecule has 1 aromatic carbocycles. The van der Waals surface area contributed by atoms with Crippen molar-refractivity contribution in [3.05, 3.63) is 35.6 Å². The van der Waals surface area contributed by atoms with Crippen molar-refractivity contribution in [2.45, 2.75) is 39.7 Å². The first-order chi connectivity index (χ1) is 13.0. The molecular weight excluding hydrogens is 345 g/mol. The van der Waals surface area contributed by atoms with Gasteiger partial charge in [-0.2, -0.15) is 0 Å². The van der Waals surface area contributed by atoms with Crippen molar-refractivity contribution >= 4 is 11.8 Å². The molecule has 2 heterocycles. The van der Waals surface area contributed by atoms with Crippen LogP contribution in [0.15, 0.2) is 24.3 Å². The average Bonchev–Trinajstić information content (AvgIpc) is 3.10. The smallest absolute Gasteiger partial charge is 0.236 e.